The smallest absolute Gasteiger partial charge is 0.335 e. The van der Waals surface area contributed by atoms with Gasteiger partial charge in [-0.3, -0.25) is 19.5 Å². The largest absolute Gasteiger partial charge is 0.423 e. The number of hydrogen-bond donors (Lipinski definition) is 0. The molecule has 6 nitrogen and oxygen atoms in total. The third-order valence-corrected chi connectivity index (χ3v) is 8.36. The van der Waals surface area contributed by atoms with Gasteiger partial charge < -0.3 is 4.74 Å². The van der Waals surface area contributed by atoms with Crippen molar-refractivity contribution in [2.24, 2.45) is 35.5 Å². The SMILES string of the molecule is O=C(Oc1cccc2cccnc12)[C@@H](Cc1ccccc1)N1C(=O)[C@H]2[C@@H]3C=C[C@H]([C@@H]4C[C@H]34)[C@@H]2C1=O. The number of benzene rings is 2. The zero-order chi connectivity index (χ0) is 23.7. The maximum atomic E-state index is 13.8. The highest BCUT2D eigenvalue weighted by Crippen LogP contribution is 2.65. The summed E-state index contributed by atoms with van der Waals surface area (Å²) in [5.41, 5.74) is 1.43. The number of aromatic nitrogens is 1. The molecule has 3 aromatic rings. The molecule has 1 aromatic heterocycles. The molecule has 2 heterocycles. The molecule has 1 aliphatic heterocycles. The lowest BCUT2D eigenvalue weighted by Crippen LogP contribution is -2.48. The topological polar surface area (TPSA) is 76.6 Å². The van der Waals surface area contributed by atoms with Gasteiger partial charge in [-0.1, -0.05) is 60.7 Å². The van der Waals surface area contributed by atoms with E-state index in [9.17, 15) is 14.4 Å². The van der Waals surface area contributed by atoms with Crippen molar-refractivity contribution in [3.05, 3.63) is 84.6 Å². The lowest BCUT2D eigenvalue weighted by molar-refractivity contribution is -0.153. The number of carbonyl (C=O) groups excluding carboxylic acids is 3. The normalized spacial score (nSPS) is 30.8. The fourth-order valence-electron chi connectivity index (χ4n) is 6.74. The minimum Gasteiger partial charge on any atom is -0.423 e. The van der Waals surface area contributed by atoms with Gasteiger partial charge in [0.15, 0.2) is 5.75 Å². The Bertz CT molecular complexity index is 1360. The van der Waals surface area contributed by atoms with Gasteiger partial charge in [0.2, 0.25) is 11.8 Å². The van der Waals surface area contributed by atoms with Crippen LogP contribution < -0.4 is 4.74 Å². The van der Waals surface area contributed by atoms with Crippen LogP contribution in [0.2, 0.25) is 0 Å². The minimum absolute atomic E-state index is 0.104. The lowest BCUT2D eigenvalue weighted by atomic mass is 9.63. The van der Waals surface area contributed by atoms with Crippen molar-refractivity contribution in [2.45, 2.75) is 18.9 Å². The number of allylic oxidation sites excluding steroid dienone is 2. The van der Waals surface area contributed by atoms with E-state index in [2.05, 4.69) is 17.1 Å². The number of imide groups is 1. The summed E-state index contributed by atoms with van der Waals surface area (Å²) in [7, 11) is 0. The van der Waals surface area contributed by atoms with Crippen molar-refractivity contribution in [1.29, 1.82) is 0 Å². The quantitative estimate of drug-likeness (QED) is 0.248. The average molecular weight is 465 g/mol. The molecular weight excluding hydrogens is 440 g/mol. The molecule has 0 spiro atoms. The molecular formula is C29H24N2O4. The zero-order valence-electron chi connectivity index (χ0n) is 19.0. The number of para-hydroxylation sites is 1. The van der Waals surface area contributed by atoms with Crippen LogP contribution in [0.3, 0.4) is 0 Å². The first-order valence-corrected chi connectivity index (χ1v) is 12.3. The van der Waals surface area contributed by atoms with E-state index in [-0.39, 0.29) is 41.9 Å². The third kappa shape index (κ3) is 3.09. The standard InChI is InChI=1S/C29H24N2O4/c32-27-24-18-11-12-19(21-15-20(18)21)25(24)28(33)31(27)22(14-16-6-2-1-3-7-16)29(34)35-23-10-4-8-17-9-5-13-30-26(17)23/h1-13,18-22,24-25H,14-15H2/t18-,19-,20-,21+,22-,24+,25+/m1/s1. The number of rotatable bonds is 5. The summed E-state index contributed by atoms with van der Waals surface area (Å²) in [6.45, 7) is 0. The van der Waals surface area contributed by atoms with E-state index in [0.29, 0.717) is 23.1 Å². The highest BCUT2D eigenvalue weighted by Gasteiger charge is 2.68. The number of nitrogens with zero attached hydrogens (tertiary/aromatic N) is 2. The summed E-state index contributed by atoms with van der Waals surface area (Å²) in [5.74, 6) is -0.230. The van der Waals surface area contributed by atoms with Crippen LogP contribution in [0.4, 0.5) is 0 Å². The predicted octanol–water partition coefficient (Wildman–Crippen LogP) is 3.80. The Balaban J connectivity index is 1.25. The first kappa shape index (κ1) is 20.6. The van der Waals surface area contributed by atoms with Gasteiger partial charge in [0.05, 0.1) is 11.8 Å². The van der Waals surface area contributed by atoms with Crippen LogP contribution in [0.1, 0.15) is 12.0 Å². The van der Waals surface area contributed by atoms with Gasteiger partial charge in [-0.2, -0.15) is 0 Å². The first-order chi connectivity index (χ1) is 17.1. The number of ether oxygens (including phenoxy) is 1. The Labute approximate surface area is 202 Å². The molecule has 1 saturated heterocycles. The summed E-state index contributed by atoms with van der Waals surface area (Å²) in [4.78, 5) is 46.8. The molecule has 2 bridgehead atoms. The Morgan fingerprint density at radius 2 is 1.60 bits per heavy atom. The molecule has 7 atom stereocenters. The predicted molar refractivity (Wildman–Crippen MR) is 128 cm³/mol. The van der Waals surface area contributed by atoms with E-state index in [1.54, 1.807) is 18.3 Å². The van der Waals surface area contributed by atoms with Gasteiger partial charge >= 0.3 is 5.97 Å². The van der Waals surface area contributed by atoms with E-state index < -0.39 is 12.0 Å². The maximum absolute atomic E-state index is 13.8. The molecule has 0 radical (unpaired) electrons. The number of pyridine rings is 1. The molecule has 4 aliphatic carbocycles. The molecule has 2 saturated carbocycles. The summed E-state index contributed by atoms with van der Waals surface area (Å²) >= 11 is 0. The third-order valence-electron chi connectivity index (χ3n) is 8.36. The van der Waals surface area contributed by atoms with Crippen LogP contribution in [0.25, 0.3) is 10.9 Å². The van der Waals surface area contributed by atoms with Crippen LogP contribution in [-0.2, 0) is 20.8 Å². The van der Waals surface area contributed by atoms with Gasteiger partial charge in [0.1, 0.15) is 11.6 Å². The van der Waals surface area contributed by atoms with Crippen LogP contribution in [0, 0.1) is 35.5 Å². The summed E-state index contributed by atoms with van der Waals surface area (Å²) in [6.07, 6.45) is 7.24. The molecule has 3 fully saturated rings. The maximum Gasteiger partial charge on any atom is 0.335 e. The molecule has 8 rings (SSSR count). The molecule has 2 amide bonds. The molecule has 2 aromatic carbocycles. The average Bonchev–Trinajstić information content (AvgIpc) is 3.67. The molecule has 6 heteroatoms. The van der Waals surface area contributed by atoms with Crippen LogP contribution in [0.5, 0.6) is 5.75 Å². The van der Waals surface area contributed by atoms with Crippen molar-refractivity contribution in [1.82, 2.24) is 9.88 Å². The summed E-state index contributed by atoms with van der Waals surface area (Å²) < 4.78 is 5.86. The van der Waals surface area contributed by atoms with Gasteiger partial charge in [-0.05, 0) is 47.8 Å². The Morgan fingerprint density at radius 1 is 0.914 bits per heavy atom. The zero-order valence-corrected chi connectivity index (χ0v) is 19.0. The number of carbonyl (C=O) groups is 3. The second-order valence-electron chi connectivity index (χ2n) is 10.2. The highest BCUT2D eigenvalue weighted by molar-refractivity contribution is 6.09. The van der Waals surface area contributed by atoms with E-state index in [1.165, 1.54) is 4.90 Å². The molecule has 5 aliphatic rings. The number of amides is 2. The van der Waals surface area contributed by atoms with E-state index in [0.717, 1.165) is 17.4 Å². The Kier molecular flexibility index (Phi) is 4.47. The molecule has 0 unspecified atom stereocenters. The Hall–Kier alpha value is -3.80. The molecule has 174 valence electrons. The highest BCUT2D eigenvalue weighted by atomic mass is 16.5. The van der Waals surface area contributed by atoms with Crippen LogP contribution >= 0.6 is 0 Å². The molecule has 0 N–H and O–H groups in total. The monoisotopic (exact) mass is 464 g/mol. The van der Waals surface area contributed by atoms with E-state index in [4.69, 9.17) is 4.74 Å². The van der Waals surface area contributed by atoms with Gasteiger partial charge in [-0.25, -0.2) is 4.79 Å². The molecule has 35 heavy (non-hydrogen) atoms. The van der Waals surface area contributed by atoms with Crippen molar-refractivity contribution < 1.29 is 19.1 Å². The fourth-order valence-corrected chi connectivity index (χ4v) is 6.74. The lowest BCUT2D eigenvalue weighted by Gasteiger charge is -2.37. The van der Waals surface area contributed by atoms with Crippen LogP contribution in [0.15, 0.2) is 79.0 Å². The van der Waals surface area contributed by atoms with Crippen LogP contribution in [-0.4, -0.2) is 33.7 Å². The second kappa shape index (κ2) is 7.60. The minimum atomic E-state index is -1.03. The van der Waals surface area contributed by atoms with Crippen molar-refractivity contribution in [3.63, 3.8) is 0 Å². The number of esters is 1. The Morgan fingerprint density at radius 3 is 2.31 bits per heavy atom. The van der Waals surface area contributed by atoms with Crippen molar-refractivity contribution in [2.75, 3.05) is 0 Å². The van der Waals surface area contributed by atoms with Crippen molar-refractivity contribution >= 4 is 28.7 Å². The van der Waals surface area contributed by atoms with Crippen molar-refractivity contribution in [3.8, 4) is 5.75 Å². The summed E-state index contributed by atoms with van der Waals surface area (Å²) in [6, 6.07) is 17.6. The van der Waals surface area contributed by atoms with E-state index in [1.807, 2.05) is 48.5 Å². The van der Waals surface area contributed by atoms with Gasteiger partial charge in [-0.15, -0.1) is 0 Å². The number of fused-ring (bicyclic) bond motifs is 1. The van der Waals surface area contributed by atoms with Gasteiger partial charge in [0.25, 0.3) is 0 Å². The fraction of sp³-hybridized carbons (Fsp3) is 0.310. The number of likely N-dealkylation sites (tertiary alicyclic amines) is 1. The van der Waals surface area contributed by atoms with E-state index >= 15 is 0 Å². The van der Waals surface area contributed by atoms with Gasteiger partial charge in [0, 0.05) is 18.0 Å². The first-order valence-electron chi connectivity index (χ1n) is 12.3. The second-order valence-corrected chi connectivity index (χ2v) is 10.2. The summed E-state index contributed by atoms with van der Waals surface area (Å²) in [5, 5.41) is 0.846. The number of hydrogen-bond acceptors (Lipinski definition) is 5.